The Morgan fingerprint density at radius 3 is 2.53 bits per heavy atom. The second-order valence-corrected chi connectivity index (χ2v) is 4.85. The molecule has 1 saturated carbocycles. The zero-order valence-electron chi connectivity index (χ0n) is 9.80. The molecule has 90 valence electrons. The number of hydrogen-bond acceptors (Lipinski definition) is 1. The second-order valence-electron chi connectivity index (χ2n) is 4.85. The van der Waals surface area contributed by atoms with Crippen LogP contribution in [0.2, 0.25) is 0 Å². The van der Waals surface area contributed by atoms with Crippen molar-refractivity contribution in [1.29, 1.82) is 0 Å². The van der Waals surface area contributed by atoms with Gasteiger partial charge < -0.3 is 5.73 Å². The van der Waals surface area contributed by atoms with Crippen molar-refractivity contribution in [3.63, 3.8) is 0 Å². The SMILES string of the molecule is Cl.N[C@@H](CC1CC1)c1cccc2ccccc12. The standard InChI is InChI=1S/C15H17N.ClH/c16-15(10-11-8-9-11)14-7-3-5-12-4-1-2-6-13(12)14;/h1-7,11,15H,8-10,16H2;1H/t15-;/m0./s1. The molecular weight excluding hydrogens is 230 g/mol. The molecule has 1 atom stereocenters. The van der Waals surface area contributed by atoms with Crippen molar-refractivity contribution in [3.05, 3.63) is 48.0 Å². The summed E-state index contributed by atoms with van der Waals surface area (Å²) in [5, 5.41) is 2.62. The normalized spacial score (nSPS) is 16.5. The molecule has 2 aromatic carbocycles. The molecule has 2 aromatic rings. The minimum Gasteiger partial charge on any atom is -0.324 e. The average molecular weight is 248 g/mol. The lowest BCUT2D eigenvalue weighted by Crippen LogP contribution is -2.11. The molecule has 1 fully saturated rings. The van der Waals surface area contributed by atoms with Gasteiger partial charge in [-0.3, -0.25) is 0 Å². The molecule has 1 aliphatic carbocycles. The number of halogens is 1. The molecule has 0 radical (unpaired) electrons. The first-order chi connectivity index (χ1) is 7.84. The van der Waals surface area contributed by atoms with Gasteiger partial charge in [-0.25, -0.2) is 0 Å². The van der Waals surface area contributed by atoms with E-state index in [0.717, 1.165) is 12.3 Å². The molecule has 0 aromatic heterocycles. The first-order valence-electron chi connectivity index (χ1n) is 6.08. The van der Waals surface area contributed by atoms with Gasteiger partial charge in [0.25, 0.3) is 0 Å². The van der Waals surface area contributed by atoms with Gasteiger partial charge >= 0.3 is 0 Å². The second kappa shape index (κ2) is 5.07. The molecule has 3 rings (SSSR count). The number of benzene rings is 2. The van der Waals surface area contributed by atoms with Crippen LogP contribution < -0.4 is 5.73 Å². The van der Waals surface area contributed by atoms with Gasteiger partial charge in [0.05, 0.1) is 0 Å². The smallest absolute Gasteiger partial charge is 0.0303 e. The van der Waals surface area contributed by atoms with E-state index in [2.05, 4.69) is 42.5 Å². The molecule has 1 nitrogen and oxygen atoms in total. The van der Waals surface area contributed by atoms with Crippen molar-refractivity contribution in [2.75, 3.05) is 0 Å². The molecule has 2 heteroatoms. The van der Waals surface area contributed by atoms with Gasteiger partial charge in [0.15, 0.2) is 0 Å². The third kappa shape index (κ3) is 2.62. The molecule has 0 saturated heterocycles. The van der Waals surface area contributed by atoms with E-state index in [-0.39, 0.29) is 18.4 Å². The van der Waals surface area contributed by atoms with Crippen LogP contribution in [0.25, 0.3) is 10.8 Å². The Labute approximate surface area is 108 Å². The summed E-state index contributed by atoms with van der Waals surface area (Å²) in [4.78, 5) is 0. The molecule has 0 heterocycles. The predicted octanol–water partition coefficient (Wildman–Crippen LogP) is 4.06. The monoisotopic (exact) mass is 247 g/mol. The fraction of sp³-hybridized carbons (Fsp3) is 0.333. The Morgan fingerprint density at radius 1 is 1.06 bits per heavy atom. The van der Waals surface area contributed by atoms with Crippen LogP contribution >= 0.6 is 12.4 Å². The predicted molar refractivity (Wildman–Crippen MR) is 75.5 cm³/mol. The quantitative estimate of drug-likeness (QED) is 0.870. The van der Waals surface area contributed by atoms with E-state index in [0.29, 0.717) is 0 Å². The van der Waals surface area contributed by atoms with Gasteiger partial charge in [-0.1, -0.05) is 55.3 Å². The van der Waals surface area contributed by atoms with E-state index in [1.54, 1.807) is 0 Å². The summed E-state index contributed by atoms with van der Waals surface area (Å²) in [5.74, 6) is 0.883. The van der Waals surface area contributed by atoms with Crippen LogP contribution in [0.5, 0.6) is 0 Å². The van der Waals surface area contributed by atoms with Gasteiger partial charge in [0.2, 0.25) is 0 Å². The third-order valence-corrected chi connectivity index (χ3v) is 3.51. The molecular formula is C15H18ClN. The fourth-order valence-corrected chi connectivity index (χ4v) is 2.41. The van der Waals surface area contributed by atoms with Crippen LogP contribution in [0, 0.1) is 5.92 Å². The van der Waals surface area contributed by atoms with E-state index in [9.17, 15) is 0 Å². The minimum absolute atomic E-state index is 0. The first-order valence-corrected chi connectivity index (χ1v) is 6.08. The lowest BCUT2D eigenvalue weighted by atomic mass is 9.96. The maximum atomic E-state index is 6.30. The van der Waals surface area contributed by atoms with E-state index >= 15 is 0 Å². The highest BCUT2D eigenvalue weighted by Gasteiger charge is 2.24. The van der Waals surface area contributed by atoms with Crippen molar-refractivity contribution in [2.24, 2.45) is 11.7 Å². The summed E-state index contributed by atoms with van der Waals surface area (Å²) >= 11 is 0. The van der Waals surface area contributed by atoms with Crippen LogP contribution in [0.1, 0.15) is 30.9 Å². The van der Waals surface area contributed by atoms with Crippen LogP contribution in [-0.2, 0) is 0 Å². The van der Waals surface area contributed by atoms with Crippen molar-refractivity contribution in [2.45, 2.75) is 25.3 Å². The Kier molecular flexibility index (Phi) is 3.70. The van der Waals surface area contributed by atoms with Gasteiger partial charge in [-0.15, -0.1) is 12.4 Å². The molecule has 0 unspecified atom stereocenters. The molecule has 2 N–H and O–H groups in total. The van der Waals surface area contributed by atoms with Crippen molar-refractivity contribution >= 4 is 23.2 Å². The highest BCUT2D eigenvalue weighted by atomic mass is 35.5. The Balaban J connectivity index is 0.00000108. The Morgan fingerprint density at radius 2 is 1.76 bits per heavy atom. The summed E-state index contributed by atoms with van der Waals surface area (Å²) in [6, 6.07) is 15.2. The molecule has 17 heavy (non-hydrogen) atoms. The Hall–Kier alpha value is -1.05. The molecule has 1 aliphatic rings. The van der Waals surface area contributed by atoms with Gasteiger partial charge in [0.1, 0.15) is 0 Å². The third-order valence-electron chi connectivity index (χ3n) is 3.51. The van der Waals surface area contributed by atoms with Crippen LogP contribution in [0.4, 0.5) is 0 Å². The highest BCUT2D eigenvalue weighted by molar-refractivity contribution is 5.86. The zero-order valence-corrected chi connectivity index (χ0v) is 10.6. The summed E-state index contributed by atoms with van der Waals surface area (Å²) in [6.45, 7) is 0. The van der Waals surface area contributed by atoms with Gasteiger partial charge in [-0.05, 0) is 28.7 Å². The number of rotatable bonds is 3. The largest absolute Gasteiger partial charge is 0.324 e. The van der Waals surface area contributed by atoms with Crippen molar-refractivity contribution in [3.8, 4) is 0 Å². The highest BCUT2D eigenvalue weighted by Crippen LogP contribution is 2.37. The number of fused-ring (bicyclic) bond motifs is 1. The maximum Gasteiger partial charge on any atom is 0.0303 e. The molecule has 0 spiro atoms. The van der Waals surface area contributed by atoms with Crippen molar-refractivity contribution < 1.29 is 0 Å². The topological polar surface area (TPSA) is 26.0 Å². The van der Waals surface area contributed by atoms with Crippen LogP contribution in [0.15, 0.2) is 42.5 Å². The number of hydrogen-bond donors (Lipinski definition) is 1. The zero-order chi connectivity index (χ0) is 11.0. The van der Waals surface area contributed by atoms with Gasteiger partial charge in [-0.2, -0.15) is 0 Å². The maximum absolute atomic E-state index is 6.30. The fourth-order valence-electron chi connectivity index (χ4n) is 2.41. The first kappa shape index (κ1) is 12.4. The lowest BCUT2D eigenvalue weighted by Gasteiger charge is -2.14. The van der Waals surface area contributed by atoms with Crippen LogP contribution in [-0.4, -0.2) is 0 Å². The molecule has 0 aliphatic heterocycles. The molecule has 0 amide bonds. The Bertz CT molecular complexity index is 500. The van der Waals surface area contributed by atoms with Crippen LogP contribution in [0.3, 0.4) is 0 Å². The summed E-state index contributed by atoms with van der Waals surface area (Å²) in [6.07, 6.45) is 3.89. The summed E-state index contributed by atoms with van der Waals surface area (Å²) in [7, 11) is 0. The number of nitrogens with two attached hydrogens (primary N) is 1. The molecule has 0 bridgehead atoms. The summed E-state index contributed by atoms with van der Waals surface area (Å²) in [5.41, 5.74) is 7.61. The summed E-state index contributed by atoms with van der Waals surface area (Å²) < 4.78 is 0. The average Bonchev–Trinajstić information content (AvgIpc) is 3.12. The lowest BCUT2D eigenvalue weighted by molar-refractivity contribution is 0.600. The van der Waals surface area contributed by atoms with E-state index < -0.39 is 0 Å². The van der Waals surface area contributed by atoms with Gasteiger partial charge in [0, 0.05) is 6.04 Å². The van der Waals surface area contributed by atoms with E-state index in [1.807, 2.05) is 0 Å². The van der Waals surface area contributed by atoms with Crippen molar-refractivity contribution in [1.82, 2.24) is 0 Å². The van der Waals surface area contributed by atoms with E-state index in [4.69, 9.17) is 5.73 Å². The van der Waals surface area contributed by atoms with E-state index in [1.165, 1.54) is 29.2 Å². The minimum atomic E-state index is 0.